The number of rotatable bonds is 5. The van der Waals surface area contributed by atoms with Gasteiger partial charge in [-0.25, -0.2) is 9.18 Å². The zero-order valence-electron chi connectivity index (χ0n) is 10.7. The summed E-state index contributed by atoms with van der Waals surface area (Å²) in [5, 5.41) is 21.5. The van der Waals surface area contributed by atoms with Crippen LogP contribution in [-0.2, 0) is 6.54 Å². The number of aliphatic hydroxyl groups excluding tert-OH is 1. The molecule has 0 bridgehead atoms. The van der Waals surface area contributed by atoms with E-state index < -0.39 is 11.8 Å². The van der Waals surface area contributed by atoms with Crippen LogP contribution in [0, 0.1) is 5.82 Å². The SMILES string of the molecule is O=C(O)c1ccc(F)c(CNC2(CO)CCCC2)c1. The van der Waals surface area contributed by atoms with Gasteiger partial charge in [0.05, 0.1) is 12.2 Å². The van der Waals surface area contributed by atoms with Gasteiger partial charge in [-0.3, -0.25) is 0 Å². The summed E-state index contributed by atoms with van der Waals surface area (Å²) in [6, 6.07) is 3.75. The van der Waals surface area contributed by atoms with Gasteiger partial charge < -0.3 is 15.5 Å². The number of hydrogen-bond acceptors (Lipinski definition) is 3. The summed E-state index contributed by atoms with van der Waals surface area (Å²) in [5.74, 6) is -1.50. The van der Waals surface area contributed by atoms with Crippen LogP contribution in [0.2, 0.25) is 0 Å². The van der Waals surface area contributed by atoms with Crippen LogP contribution < -0.4 is 5.32 Å². The monoisotopic (exact) mass is 267 g/mol. The van der Waals surface area contributed by atoms with Crippen molar-refractivity contribution >= 4 is 5.97 Å². The maximum atomic E-state index is 13.6. The Balaban J connectivity index is 2.10. The van der Waals surface area contributed by atoms with Gasteiger partial charge in [0, 0.05) is 17.6 Å². The second kappa shape index (κ2) is 5.67. The van der Waals surface area contributed by atoms with Crippen molar-refractivity contribution in [2.24, 2.45) is 0 Å². The standard InChI is InChI=1S/C14H18FNO3/c15-12-4-3-10(13(18)19)7-11(12)8-16-14(9-17)5-1-2-6-14/h3-4,7,16-17H,1-2,5-6,8-9H2,(H,18,19). The molecule has 0 amide bonds. The average Bonchev–Trinajstić information content (AvgIpc) is 2.87. The van der Waals surface area contributed by atoms with Gasteiger partial charge in [0.2, 0.25) is 0 Å². The highest BCUT2D eigenvalue weighted by Crippen LogP contribution is 2.29. The molecule has 19 heavy (non-hydrogen) atoms. The van der Waals surface area contributed by atoms with Crippen LogP contribution >= 0.6 is 0 Å². The van der Waals surface area contributed by atoms with Crippen LogP contribution in [0.5, 0.6) is 0 Å². The molecule has 1 aromatic carbocycles. The molecule has 0 radical (unpaired) electrons. The van der Waals surface area contributed by atoms with E-state index in [1.54, 1.807) is 0 Å². The van der Waals surface area contributed by atoms with Crippen LogP contribution in [0.1, 0.15) is 41.6 Å². The lowest BCUT2D eigenvalue weighted by Crippen LogP contribution is -2.45. The molecule has 1 aliphatic carbocycles. The van der Waals surface area contributed by atoms with Gasteiger partial charge in [0.15, 0.2) is 0 Å². The van der Waals surface area contributed by atoms with Gasteiger partial charge in [0.25, 0.3) is 0 Å². The van der Waals surface area contributed by atoms with Crippen molar-refractivity contribution in [1.82, 2.24) is 5.32 Å². The van der Waals surface area contributed by atoms with Crippen LogP contribution in [0.15, 0.2) is 18.2 Å². The molecular formula is C14H18FNO3. The molecule has 0 saturated heterocycles. The lowest BCUT2D eigenvalue weighted by atomic mass is 9.98. The molecule has 4 nitrogen and oxygen atoms in total. The minimum absolute atomic E-state index is 0.0211. The minimum Gasteiger partial charge on any atom is -0.478 e. The van der Waals surface area contributed by atoms with E-state index in [4.69, 9.17) is 5.11 Å². The number of aliphatic hydroxyl groups is 1. The summed E-state index contributed by atoms with van der Waals surface area (Å²) in [6.07, 6.45) is 3.82. The fourth-order valence-electron chi connectivity index (χ4n) is 2.57. The minimum atomic E-state index is -1.07. The Labute approximate surface area is 111 Å². The molecule has 1 fully saturated rings. The molecule has 0 aromatic heterocycles. The van der Waals surface area contributed by atoms with Crippen molar-refractivity contribution < 1.29 is 19.4 Å². The Hall–Kier alpha value is -1.46. The first-order valence-corrected chi connectivity index (χ1v) is 6.44. The highest BCUT2D eigenvalue weighted by molar-refractivity contribution is 5.87. The Kier molecular flexibility index (Phi) is 4.17. The van der Waals surface area contributed by atoms with Gasteiger partial charge in [-0.1, -0.05) is 12.8 Å². The first kappa shape index (κ1) is 14.0. The quantitative estimate of drug-likeness (QED) is 0.762. The van der Waals surface area contributed by atoms with E-state index in [0.717, 1.165) is 25.7 Å². The number of hydrogen-bond donors (Lipinski definition) is 3. The van der Waals surface area contributed by atoms with Crippen molar-refractivity contribution in [2.75, 3.05) is 6.61 Å². The van der Waals surface area contributed by atoms with Gasteiger partial charge in [-0.15, -0.1) is 0 Å². The smallest absolute Gasteiger partial charge is 0.335 e. The van der Waals surface area contributed by atoms with Crippen molar-refractivity contribution in [3.05, 3.63) is 35.1 Å². The van der Waals surface area contributed by atoms with E-state index in [-0.39, 0.29) is 24.3 Å². The maximum absolute atomic E-state index is 13.6. The third kappa shape index (κ3) is 3.11. The molecule has 5 heteroatoms. The first-order chi connectivity index (χ1) is 9.06. The van der Waals surface area contributed by atoms with Crippen molar-refractivity contribution in [3.8, 4) is 0 Å². The summed E-state index contributed by atoms with van der Waals surface area (Å²) >= 11 is 0. The molecule has 0 aliphatic heterocycles. The molecule has 0 heterocycles. The van der Waals surface area contributed by atoms with Crippen LogP contribution in [0.4, 0.5) is 4.39 Å². The third-order valence-corrected chi connectivity index (χ3v) is 3.81. The molecular weight excluding hydrogens is 249 g/mol. The summed E-state index contributed by atoms with van der Waals surface area (Å²) in [4.78, 5) is 10.9. The largest absolute Gasteiger partial charge is 0.478 e. The number of nitrogens with one attached hydrogen (secondary N) is 1. The number of carbonyl (C=O) groups is 1. The summed E-state index contributed by atoms with van der Waals surface area (Å²) in [6.45, 7) is 0.251. The van der Waals surface area contributed by atoms with Crippen LogP contribution in [0.25, 0.3) is 0 Å². The van der Waals surface area contributed by atoms with Gasteiger partial charge in [0.1, 0.15) is 5.82 Å². The van der Waals surface area contributed by atoms with E-state index in [2.05, 4.69) is 5.32 Å². The number of benzene rings is 1. The second-order valence-electron chi connectivity index (χ2n) is 5.11. The van der Waals surface area contributed by atoms with E-state index in [9.17, 15) is 14.3 Å². The predicted octanol–water partition coefficient (Wildman–Crippen LogP) is 1.92. The Bertz CT molecular complexity index is 470. The number of carboxylic acid groups (broad SMARTS) is 1. The molecule has 0 spiro atoms. The molecule has 0 atom stereocenters. The highest BCUT2D eigenvalue weighted by atomic mass is 19.1. The van der Waals surface area contributed by atoms with Gasteiger partial charge in [-0.2, -0.15) is 0 Å². The number of halogens is 1. The van der Waals surface area contributed by atoms with Gasteiger partial charge >= 0.3 is 5.97 Å². The molecule has 104 valence electrons. The highest BCUT2D eigenvalue weighted by Gasteiger charge is 2.32. The maximum Gasteiger partial charge on any atom is 0.335 e. The normalized spacial score (nSPS) is 17.6. The second-order valence-corrected chi connectivity index (χ2v) is 5.11. The summed E-state index contributed by atoms with van der Waals surface area (Å²) in [5.41, 5.74) is 0.0494. The topological polar surface area (TPSA) is 69.6 Å². The third-order valence-electron chi connectivity index (χ3n) is 3.81. The molecule has 0 unspecified atom stereocenters. The summed E-state index contributed by atoms with van der Waals surface area (Å²) < 4.78 is 13.6. The molecule has 1 saturated carbocycles. The zero-order chi connectivity index (χ0) is 13.9. The number of aromatic carboxylic acids is 1. The van der Waals surface area contributed by atoms with E-state index in [0.29, 0.717) is 5.56 Å². The van der Waals surface area contributed by atoms with Crippen LogP contribution in [-0.4, -0.2) is 28.3 Å². The Morgan fingerprint density at radius 3 is 2.63 bits per heavy atom. The lowest BCUT2D eigenvalue weighted by molar-refractivity contribution is 0.0696. The Morgan fingerprint density at radius 1 is 1.37 bits per heavy atom. The molecule has 1 aliphatic rings. The molecule has 2 rings (SSSR count). The molecule has 3 N–H and O–H groups in total. The Morgan fingerprint density at radius 2 is 2.05 bits per heavy atom. The fourth-order valence-corrected chi connectivity index (χ4v) is 2.57. The first-order valence-electron chi connectivity index (χ1n) is 6.44. The predicted molar refractivity (Wildman–Crippen MR) is 68.5 cm³/mol. The summed E-state index contributed by atoms with van der Waals surface area (Å²) in [7, 11) is 0. The number of carboxylic acids is 1. The van der Waals surface area contributed by atoms with Crippen molar-refractivity contribution in [2.45, 2.75) is 37.8 Å². The lowest BCUT2D eigenvalue weighted by Gasteiger charge is -2.28. The van der Waals surface area contributed by atoms with Crippen molar-refractivity contribution in [1.29, 1.82) is 0 Å². The zero-order valence-corrected chi connectivity index (χ0v) is 10.7. The van der Waals surface area contributed by atoms with E-state index >= 15 is 0 Å². The van der Waals surface area contributed by atoms with E-state index in [1.165, 1.54) is 18.2 Å². The van der Waals surface area contributed by atoms with Crippen LogP contribution in [0.3, 0.4) is 0 Å². The molecule has 1 aromatic rings. The average molecular weight is 267 g/mol. The fraction of sp³-hybridized carbons (Fsp3) is 0.500. The van der Waals surface area contributed by atoms with E-state index in [1.807, 2.05) is 0 Å². The van der Waals surface area contributed by atoms with Crippen molar-refractivity contribution in [3.63, 3.8) is 0 Å². The van der Waals surface area contributed by atoms with Gasteiger partial charge in [-0.05, 0) is 31.0 Å².